The lowest BCUT2D eigenvalue weighted by molar-refractivity contribution is -0.139. The number of hydrogen-bond donors (Lipinski definition) is 2. The molecule has 9 heteroatoms. The molecule has 1 fully saturated rings. The van der Waals surface area contributed by atoms with E-state index in [1.54, 1.807) is 29.2 Å². The average Bonchev–Trinajstić information content (AvgIpc) is 2.71. The number of halogens is 2. The SMILES string of the molecule is CC1CN(C(=O)COc2ccc(Cl)cc2NC(N)=O)[C@@H](C)CN1Cc1ccc(F)cc1. The number of carbonyl (C=O) groups excluding carboxylic acids is 2. The van der Waals surface area contributed by atoms with Gasteiger partial charge in [0.25, 0.3) is 5.91 Å². The van der Waals surface area contributed by atoms with E-state index >= 15 is 0 Å². The summed E-state index contributed by atoms with van der Waals surface area (Å²) in [6, 6.07) is 10.5. The van der Waals surface area contributed by atoms with Crippen molar-refractivity contribution in [3.05, 3.63) is 58.9 Å². The van der Waals surface area contributed by atoms with Gasteiger partial charge in [0.05, 0.1) is 5.69 Å². The molecule has 2 aromatic rings. The third-order valence-electron chi connectivity index (χ3n) is 5.28. The lowest BCUT2D eigenvalue weighted by Crippen LogP contribution is -2.58. The van der Waals surface area contributed by atoms with Crippen LogP contribution in [0.15, 0.2) is 42.5 Å². The molecule has 0 bridgehead atoms. The molecule has 3 amide bonds. The molecule has 1 heterocycles. The van der Waals surface area contributed by atoms with Gasteiger partial charge in [-0.3, -0.25) is 9.69 Å². The van der Waals surface area contributed by atoms with Gasteiger partial charge < -0.3 is 20.7 Å². The highest BCUT2D eigenvalue weighted by Gasteiger charge is 2.32. The van der Waals surface area contributed by atoms with Crippen LogP contribution in [0.1, 0.15) is 19.4 Å². The predicted molar refractivity (Wildman–Crippen MR) is 118 cm³/mol. The van der Waals surface area contributed by atoms with Crippen LogP contribution in [0.25, 0.3) is 0 Å². The Morgan fingerprint density at radius 2 is 1.87 bits per heavy atom. The smallest absolute Gasteiger partial charge is 0.316 e. The maximum Gasteiger partial charge on any atom is 0.316 e. The van der Waals surface area contributed by atoms with Gasteiger partial charge in [-0.2, -0.15) is 0 Å². The molecule has 0 radical (unpaired) electrons. The Hall–Kier alpha value is -2.84. The van der Waals surface area contributed by atoms with Gasteiger partial charge in [-0.25, -0.2) is 9.18 Å². The zero-order valence-electron chi connectivity index (χ0n) is 17.5. The third kappa shape index (κ3) is 6.08. The Kier molecular flexibility index (Phi) is 7.35. The normalized spacial score (nSPS) is 19.2. The molecule has 3 rings (SSSR count). The van der Waals surface area contributed by atoms with E-state index in [0.717, 1.165) is 5.56 Å². The van der Waals surface area contributed by atoms with Crippen molar-refractivity contribution in [1.29, 1.82) is 0 Å². The Morgan fingerprint density at radius 1 is 1.16 bits per heavy atom. The minimum Gasteiger partial charge on any atom is -0.482 e. The predicted octanol–water partition coefficient (Wildman–Crippen LogP) is 3.47. The van der Waals surface area contributed by atoms with Crippen molar-refractivity contribution < 1.29 is 18.7 Å². The topological polar surface area (TPSA) is 87.9 Å². The van der Waals surface area contributed by atoms with Gasteiger partial charge in [0, 0.05) is 36.7 Å². The van der Waals surface area contributed by atoms with Crippen molar-refractivity contribution >= 4 is 29.2 Å². The lowest BCUT2D eigenvalue weighted by Gasteiger charge is -2.44. The summed E-state index contributed by atoms with van der Waals surface area (Å²) in [5.74, 6) is -0.0941. The minimum absolute atomic E-state index is 0.0128. The molecule has 1 saturated heterocycles. The highest BCUT2D eigenvalue weighted by Crippen LogP contribution is 2.28. The van der Waals surface area contributed by atoms with Crippen molar-refractivity contribution in [2.45, 2.75) is 32.5 Å². The molecule has 1 unspecified atom stereocenters. The molecule has 2 atom stereocenters. The number of nitrogens with zero attached hydrogens (tertiary/aromatic N) is 2. The van der Waals surface area contributed by atoms with Crippen LogP contribution in [-0.2, 0) is 11.3 Å². The number of nitrogens with one attached hydrogen (secondary N) is 1. The molecule has 31 heavy (non-hydrogen) atoms. The summed E-state index contributed by atoms with van der Waals surface area (Å²) in [7, 11) is 0. The summed E-state index contributed by atoms with van der Waals surface area (Å²) >= 11 is 5.95. The maximum absolute atomic E-state index is 13.1. The average molecular weight is 449 g/mol. The van der Waals surface area contributed by atoms with Crippen molar-refractivity contribution in [1.82, 2.24) is 9.80 Å². The first kappa shape index (κ1) is 22.8. The molecule has 166 valence electrons. The van der Waals surface area contributed by atoms with Crippen LogP contribution in [-0.4, -0.2) is 53.5 Å². The van der Waals surface area contributed by atoms with Gasteiger partial charge in [-0.05, 0) is 49.7 Å². The molecular formula is C22H26ClFN4O3. The number of piperazine rings is 1. The second-order valence-corrected chi connectivity index (χ2v) is 8.15. The number of rotatable bonds is 6. The largest absolute Gasteiger partial charge is 0.482 e. The van der Waals surface area contributed by atoms with Crippen molar-refractivity contribution in [2.75, 3.05) is 25.0 Å². The van der Waals surface area contributed by atoms with Crippen LogP contribution in [0.4, 0.5) is 14.9 Å². The van der Waals surface area contributed by atoms with Crippen molar-refractivity contribution in [3.63, 3.8) is 0 Å². The number of ether oxygens (including phenoxy) is 1. The molecule has 0 aromatic heterocycles. The lowest BCUT2D eigenvalue weighted by atomic mass is 10.1. The number of hydrogen-bond acceptors (Lipinski definition) is 4. The number of nitrogens with two attached hydrogens (primary N) is 1. The number of benzene rings is 2. The fourth-order valence-electron chi connectivity index (χ4n) is 3.67. The van der Waals surface area contributed by atoms with E-state index in [1.807, 2.05) is 6.92 Å². The number of urea groups is 1. The number of carbonyl (C=O) groups is 2. The first-order valence-corrected chi connectivity index (χ1v) is 10.4. The number of amides is 3. The van der Waals surface area contributed by atoms with Gasteiger partial charge in [-0.15, -0.1) is 0 Å². The summed E-state index contributed by atoms with van der Waals surface area (Å²) in [5.41, 5.74) is 6.51. The maximum atomic E-state index is 13.1. The van der Waals surface area contributed by atoms with Gasteiger partial charge in [0.15, 0.2) is 6.61 Å². The molecule has 3 N–H and O–H groups in total. The van der Waals surface area contributed by atoms with Gasteiger partial charge in [0.1, 0.15) is 11.6 Å². The molecule has 0 aliphatic carbocycles. The molecular weight excluding hydrogens is 423 g/mol. The Labute approximate surface area is 185 Å². The van der Waals surface area contributed by atoms with Crippen LogP contribution in [0, 0.1) is 5.82 Å². The highest BCUT2D eigenvalue weighted by molar-refractivity contribution is 6.31. The second kappa shape index (κ2) is 9.98. The van der Waals surface area contributed by atoms with E-state index in [9.17, 15) is 14.0 Å². The quantitative estimate of drug-likeness (QED) is 0.708. The first-order valence-electron chi connectivity index (χ1n) is 9.99. The molecule has 0 saturated carbocycles. The van der Waals surface area contributed by atoms with E-state index in [2.05, 4.69) is 17.1 Å². The Bertz CT molecular complexity index is 941. The van der Waals surface area contributed by atoms with Crippen LogP contribution < -0.4 is 15.8 Å². The molecule has 0 spiro atoms. The van der Waals surface area contributed by atoms with Crippen molar-refractivity contribution in [3.8, 4) is 5.75 Å². The van der Waals surface area contributed by atoms with Crippen LogP contribution in [0.5, 0.6) is 5.75 Å². The fraction of sp³-hybridized carbons (Fsp3) is 0.364. The van der Waals surface area contributed by atoms with Gasteiger partial charge in [0.2, 0.25) is 0 Å². The summed E-state index contributed by atoms with van der Waals surface area (Å²) < 4.78 is 18.8. The summed E-state index contributed by atoms with van der Waals surface area (Å²) in [6.45, 7) is 5.81. The Morgan fingerprint density at radius 3 is 2.55 bits per heavy atom. The zero-order chi connectivity index (χ0) is 22.5. The second-order valence-electron chi connectivity index (χ2n) is 7.72. The first-order chi connectivity index (χ1) is 14.7. The summed E-state index contributed by atoms with van der Waals surface area (Å²) in [5, 5.41) is 2.84. The van der Waals surface area contributed by atoms with Gasteiger partial charge >= 0.3 is 6.03 Å². The fourth-order valence-corrected chi connectivity index (χ4v) is 3.84. The minimum atomic E-state index is -0.752. The number of primary amides is 1. The zero-order valence-corrected chi connectivity index (χ0v) is 18.2. The van der Waals surface area contributed by atoms with Crippen LogP contribution in [0.3, 0.4) is 0 Å². The van der Waals surface area contributed by atoms with E-state index in [4.69, 9.17) is 22.1 Å². The standard InChI is InChI=1S/C22H26ClFN4O3/c1-14-11-28(15(2)10-27(14)12-16-3-6-18(24)7-4-16)21(29)13-31-20-8-5-17(23)9-19(20)26-22(25)30/h3-9,14-15H,10-13H2,1-2H3,(H3,25,26,30)/t14?,15-/m0/s1. The van der Waals surface area contributed by atoms with Crippen molar-refractivity contribution in [2.24, 2.45) is 5.73 Å². The summed E-state index contributed by atoms with van der Waals surface area (Å²) in [4.78, 5) is 28.1. The van der Waals surface area contributed by atoms with E-state index in [0.29, 0.717) is 36.1 Å². The molecule has 1 aliphatic heterocycles. The monoisotopic (exact) mass is 448 g/mol. The van der Waals surface area contributed by atoms with E-state index < -0.39 is 6.03 Å². The van der Waals surface area contributed by atoms with E-state index in [1.165, 1.54) is 18.2 Å². The Balaban J connectivity index is 1.59. The number of anilines is 1. The third-order valence-corrected chi connectivity index (χ3v) is 5.52. The van der Waals surface area contributed by atoms with E-state index in [-0.39, 0.29) is 30.4 Å². The van der Waals surface area contributed by atoms with Crippen LogP contribution >= 0.6 is 11.6 Å². The van der Waals surface area contributed by atoms with Gasteiger partial charge in [-0.1, -0.05) is 23.7 Å². The summed E-state index contributed by atoms with van der Waals surface area (Å²) in [6.07, 6.45) is 0. The van der Waals surface area contributed by atoms with Crippen LogP contribution in [0.2, 0.25) is 5.02 Å². The molecule has 7 nitrogen and oxygen atoms in total. The molecule has 1 aliphatic rings. The molecule has 2 aromatic carbocycles. The highest BCUT2D eigenvalue weighted by atomic mass is 35.5.